The molecule has 0 bridgehead atoms. The number of hydrogen-bond donors (Lipinski definition) is 2. The van der Waals surface area contributed by atoms with Crippen LogP contribution in [0.25, 0.3) is 0 Å². The standard InChI is InChI=1S/C17H22N2O2S/c1-13(10-18)17(21)19(11-14-6-3-2-4-7-14)12-15(20)16-8-5-9-22-16/h2-9,13,15,20H,10-12,18H2,1H3. The van der Waals surface area contributed by atoms with E-state index >= 15 is 0 Å². The molecule has 5 heteroatoms. The van der Waals surface area contributed by atoms with Crippen LogP contribution in [0.15, 0.2) is 47.8 Å². The molecule has 0 radical (unpaired) electrons. The molecular formula is C17H22N2O2S. The summed E-state index contributed by atoms with van der Waals surface area (Å²) < 4.78 is 0. The van der Waals surface area contributed by atoms with Crippen LogP contribution in [-0.2, 0) is 11.3 Å². The normalized spacial score (nSPS) is 13.6. The second-order valence-corrected chi connectivity index (χ2v) is 6.35. The van der Waals surface area contributed by atoms with Crippen molar-refractivity contribution in [1.29, 1.82) is 0 Å². The minimum absolute atomic E-state index is 0.0260. The first kappa shape index (κ1) is 16.7. The SMILES string of the molecule is CC(CN)C(=O)N(Cc1ccccc1)CC(O)c1cccs1. The van der Waals surface area contributed by atoms with Gasteiger partial charge in [0.2, 0.25) is 5.91 Å². The molecule has 0 aliphatic rings. The predicted octanol–water partition coefficient (Wildman–Crippen LogP) is 2.41. The number of nitrogens with zero attached hydrogens (tertiary/aromatic N) is 1. The molecule has 1 aromatic carbocycles. The third-order valence-electron chi connectivity index (χ3n) is 3.57. The van der Waals surface area contributed by atoms with Crippen LogP contribution in [0.5, 0.6) is 0 Å². The van der Waals surface area contributed by atoms with Crippen molar-refractivity contribution in [3.63, 3.8) is 0 Å². The van der Waals surface area contributed by atoms with Crippen molar-refractivity contribution in [3.05, 3.63) is 58.3 Å². The fourth-order valence-electron chi connectivity index (χ4n) is 2.23. The van der Waals surface area contributed by atoms with E-state index in [-0.39, 0.29) is 18.4 Å². The van der Waals surface area contributed by atoms with Gasteiger partial charge < -0.3 is 15.7 Å². The van der Waals surface area contributed by atoms with E-state index in [1.165, 1.54) is 11.3 Å². The van der Waals surface area contributed by atoms with Gasteiger partial charge in [0.1, 0.15) is 6.10 Å². The van der Waals surface area contributed by atoms with Gasteiger partial charge in [-0.3, -0.25) is 4.79 Å². The van der Waals surface area contributed by atoms with Crippen molar-refractivity contribution >= 4 is 17.2 Å². The molecule has 4 nitrogen and oxygen atoms in total. The van der Waals surface area contributed by atoms with E-state index in [9.17, 15) is 9.90 Å². The van der Waals surface area contributed by atoms with Crippen LogP contribution in [-0.4, -0.2) is 29.0 Å². The minimum Gasteiger partial charge on any atom is -0.386 e. The number of carbonyl (C=O) groups excluding carboxylic acids is 1. The molecular weight excluding hydrogens is 296 g/mol. The molecule has 0 aliphatic heterocycles. The summed E-state index contributed by atoms with van der Waals surface area (Å²) in [7, 11) is 0. The summed E-state index contributed by atoms with van der Waals surface area (Å²) >= 11 is 1.49. The number of benzene rings is 1. The molecule has 118 valence electrons. The molecule has 1 aromatic heterocycles. The number of thiophene rings is 1. The van der Waals surface area contributed by atoms with Crippen molar-refractivity contribution < 1.29 is 9.90 Å². The fourth-order valence-corrected chi connectivity index (χ4v) is 2.93. The van der Waals surface area contributed by atoms with Crippen LogP contribution in [0.4, 0.5) is 0 Å². The van der Waals surface area contributed by atoms with Gasteiger partial charge >= 0.3 is 0 Å². The number of aliphatic hydroxyl groups is 1. The molecule has 2 atom stereocenters. The first-order valence-corrected chi connectivity index (χ1v) is 8.24. The smallest absolute Gasteiger partial charge is 0.227 e. The Kier molecular flexibility index (Phi) is 6.12. The highest BCUT2D eigenvalue weighted by Crippen LogP contribution is 2.21. The molecule has 0 fully saturated rings. The molecule has 0 aliphatic carbocycles. The average Bonchev–Trinajstić information content (AvgIpc) is 3.08. The first-order chi connectivity index (χ1) is 10.6. The number of nitrogens with two attached hydrogens (primary N) is 1. The Morgan fingerprint density at radius 1 is 1.27 bits per heavy atom. The zero-order valence-corrected chi connectivity index (χ0v) is 13.5. The summed E-state index contributed by atoms with van der Waals surface area (Å²) in [6.45, 7) is 2.88. The first-order valence-electron chi connectivity index (χ1n) is 7.36. The minimum atomic E-state index is -0.669. The van der Waals surface area contributed by atoms with Gasteiger partial charge in [0.25, 0.3) is 0 Å². The van der Waals surface area contributed by atoms with Gasteiger partial charge in [0.05, 0.1) is 6.54 Å². The van der Waals surface area contributed by atoms with E-state index in [0.29, 0.717) is 13.1 Å². The highest BCUT2D eigenvalue weighted by atomic mass is 32.1. The average molecular weight is 318 g/mol. The Morgan fingerprint density at radius 3 is 2.59 bits per heavy atom. The third-order valence-corrected chi connectivity index (χ3v) is 4.54. The van der Waals surface area contributed by atoms with Crippen molar-refractivity contribution in [2.75, 3.05) is 13.1 Å². The lowest BCUT2D eigenvalue weighted by Gasteiger charge is -2.27. The monoisotopic (exact) mass is 318 g/mol. The molecule has 22 heavy (non-hydrogen) atoms. The lowest BCUT2D eigenvalue weighted by atomic mass is 10.1. The lowest BCUT2D eigenvalue weighted by molar-refractivity contribution is -0.136. The van der Waals surface area contributed by atoms with E-state index in [0.717, 1.165) is 10.4 Å². The van der Waals surface area contributed by atoms with Crippen LogP contribution in [0.3, 0.4) is 0 Å². The number of rotatable bonds is 7. The number of hydrogen-bond acceptors (Lipinski definition) is 4. The van der Waals surface area contributed by atoms with Crippen molar-refractivity contribution in [2.24, 2.45) is 11.7 Å². The maximum atomic E-state index is 12.5. The van der Waals surface area contributed by atoms with Crippen LogP contribution in [0, 0.1) is 5.92 Å². The van der Waals surface area contributed by atoms with Gasteiger partial charge in [-0.25, -0.2) is 0 Å². The number of amides is 1. The molecule has 1 amide bonds. The third kappa shape index (κ3) is 4.40. The Hall–Kier alpha value is -1.69. The maximum Gasteiger partial charge on any atom is 0.227 e. The molecule has 0 spiro atoms. The summed E-state index contributed by atoms with van der Waals surface area (Å²) in [6.07, 6.45) is -0.669. The van der Waals surface area contributed by atoms with Crippen molar-refractivity contribution in [3.8, 4) is 0 Å². The Balaban J connectivity index is 2.12. The molecule has 1 heterocycles. The van der Waals surface area contributed by atoms with E-state index in [1.807, 2.05) is 54.8 Å². The predicted molar refractivity (Wildman–Crippen MR) is 89.4 cm³/mol. The van der Waals surface area contributed by atoms with Gasteiger partial charge in [-0.05, 0) is 17.0 Å². The Morgan fingerprint density at radius 2 is 2.00 bits per heavy atom. The number of aliphatic hydroxyl groups excluding tert-OH is 1. The van der Waals surface area contributed by atoms with Crippen LogP contribution in [0.1, 0.15) is 23.5 Å². The highest BCUT2D eigenvalue weighted by Gasteiger charge is 2.23. The zero-order valence-electron chi connectivity index (χ0n) is 12.7. The van der Waals surface area contributed by atoms with Crippen molar-refractivity contribution in [2.45, 2.75) is 19.6 Å². The molecule has 2 rings (SSSR count). The van der Waals surface area contributed by atoms with Gasteiger partial charge in [0.15, 0.2) is 0 Å². The molecule has 2 aromatic rings. The van der Waals surface area contributed by atoms with Crippen LogP contribution < -0.4 is 5.73 Å². The van der Waals surface area contributed by atoms with Gasteiger partial charge in [0, 0.05) is 23.9 Å². The van der Waals surface area contributed by atoms with E-state index in [4.69, 9.17) is 5.73 Å². The van der Waals surface area contributed by atoms with E-state index < -0.39 is 6.10 Å². The second-order valence-electron chi connectivity index (χ2n) is 5.37. The quantitative estimate of drug-likeness (QED) is 0.824. The highest BCUT2D eigenvalue weighted by molar-refractivity contribution is 7.10. The maximum absolute atomic E-state index is 12.5. The van der Waals surface area contributed by atoms with Gasteiger partial charge in [-0.1, -0.05) is 43.3 Å². The van der Waals surface area contributed by atoms with E-state index in [2.05, 4.69) is 0 Å². The summed E-state index contributed by atoms with van der Waals surface area (Å²) in [5.41, 5.74) is 6.66. The lowest BCUT2D eigenvalue weighted by Crippen LogP contribution is -2.39. The van der Waals surface area contributed by atoms with Gasteiger partial charge in [-0.2, -0.15) is 0 Å². The van der Waals surface area contributed by atoms with Gasteiger partial charge in [-0.15, -0.1) is 11.3 Å². The topological polar surface area (TPSA) is 66.6 Å². The molecule has 0 saturated heterocycles. The van der Waals surface area contributed by atoms with Crippen LogP contribution in [0.2, 0.25) is 0 Å². The molecule has 0 saturated carbocycles. The molecule has 2 unspecified atom stereocenters. The summed E-state index contributed by atoms with van der Waals surface area (Å²) in [6, 6.07) is 13.6. The number of carbonyl (C=O) groups is 1. The van der Waals surface area contributed by atoms with Crippen LogP contribution >= 0.6 is 11.3 Å². The largest absolute Gasteiger partial charge is 0.386 e. The summed E-state index contributed by atoms with van der Waals surface area (Å²) in [5, 5.41) is 12.3. The second kappa shape index (κ2) is 8.08. The molecule has 3 N–H and O–H groups in total. The summed E-state index contributed by atoms with van der Waals surface area (Å²) in [5.74, 6) is -0.277. The van der Waals surface area contributed by atoms with Crippen molar-refractivity contribution in [1.82, 2.24) is 4.90 Å². The Bertz CT molecular complexity index is 572. The summed E-state index contributed by atoms with van der Waals surface area (Å²) in [4.78, 5) is 15.1. The Labute approximate surface area is 135 Å². The van der Waals surface area contributed by atoms with E-state index in [1.54, 1.807) is 4.90 Å². The fraction of sp³-hybridized carbons (Fsp3) is 0.353. The zero-order chi connectivity index (χ0) is 15.9.